The first-order valence-corrected chi connectivity index (χ1v) is 5.51. The third-order valence-corrected chi connectivity index (χ3v) is 2.80. The van der Waals surface area contributed by atoms with Crippen molar-refractivity contribution in [2.75, 3.05) is 32.7 Å². The predicted molar refractivity (Wildman–Crippen MR) is 55.2 cm³/mol. The van der Waals surface area contributed by atoms with Crippen LogP contribution in [-0.2, 0) is 9.59 Å². The molecule has 0 aromatic carbocycles. The molecule has 1 heterocycles. The molecule has 1 aliphatic carbocycles. The average molecular weight is 211 g/mol. The lowest BCUT2D eigenvalue weighted by molar-refractivity contribution is -0.137. The van der Waals surface area contributed by atoms with Crippen LogP contribution in [0, 0.1) is 5.92 Å². The first-order chi connectivity index (χ1) is 7.25. The second-order valence-electron chi connectivity index (χ2n) is 4.24. The van der Waals surface area contributed by atoms with E-state index in [0.29, 0.717) is 19.6 Å². The van der Waals surface area contributed by atoms with Crippen LogP contribution >= 0.6 is 0 Å². The Bertz CT molecular complexity index is 263. The fraction of sp³-hybridized carbons (Fsp3) is 0.800. The molecule has 1 saturated carbocycles. The van der Waals surface area contributed by atoms with E-state index in [1.54, 1.807) is 4.90 Å². The highest BCUT2D eigenvalue weighted by Gasteiger charge is 2.23. The molecule has 84 valence electrons. The molecule has 2 N–H and O–H groups in total. The molecule has 2 aliphatic rings. The van der Waals surface area contributed by atoms with Gasteiger partial charge in [-0.25, -0.2) is 0 Å². The Kier molecular flexibility index (Phi) is 3.20. The van der Waals surface area contributed by atoms with Crippen LogP contribution in [0.15, 0.2) is 0 Å². The van der Waals surface area contributed by atoms with E-state index in [1.807, 2.05) is 0 Å². The Labute approximate surface area is 89.2 Å². The second kappa shape index (κ2) is 4.61. The Morgan fingerprint density at radius 2 is 2.33 bits per heavy atom. The van der Waals surface area contributed by atoms with Gasteiger partial charge in [-0.2, -0.15) is 0 Å². The van der Waals surface area contributed by atoms with Crippen molar-refractivity contribution in [3.05, 3.63) is 0 Å². The van der Waals surface area contributed by atoms with E-state index in [2.05, 4.69) is 10.6 Å². The minimum Gasteiger partial charge on any atom is -0.353 e. The smallest absolute Gasteiger partial charge is 0.239 e. The summed E-state index contributed by atoms with van der Waals surface area (Å²) in [6, 6.07) is 0. The van der Waals surface area contributed by atoms with Gasteiger partial charge in [0, 0.05) is 13.1 Å². The highest BCUT2D eigenvalue weighted by molar-refractivity contribution is 5.86. The number of nitrogens with zero attached hydrogens (tertiary/aromatic N) is 1. The molecule has 5 nitrogen and oxygen atoms in total. The Morgan fingerprint density at radius 1 is 1.53 bits per heavy atom. The number of carbonyl (C=O) groups is 2. The number of carbonyl (C=O) groups excluding carboxylic acids is 2. The Hall–Kier alpha value is -1.10. The van der Waals surface area contributed by atoms with Crippen LogP contribution in [0.3, 0.4) is 0 Å². The lowest BCUT2D eigenvalue weighted by Gasteiger charge is -2.26. The molecule has 0 unspecified atom stereocenters. The summed E-state index contributed by atoms with van der Waals surface area (Å²) in [7, 11) is 0. The molecular weight excluding hydrogens is 194 g/mol. The molecular formula is C10H17N3O2. The van der Waals surface area contributed by atoms with Gasteiger partial charge in [0.15, 0.2) is 0 Å². The molecule has 1 aliphatic heterocycles. The van der Waals surface area contributed by atoms with Crippen molar-refractivity contribution in [3.8, 4) is 0 Å². The van der Waals surface area contributed by atoms with Gasteiger partial charge in [-0.1, -0.05) is 0 Å². The van der Waals surface area contributed by atoms with E-state index in [4.69, 9.17) is 0 Å². The molecule has 1 saturated heterocycles. The largest absolute Gasteiger partial charge is 0.353 e. The molecule has 0 aromatic heterocycles. The van der Waals surface area contributed by atoms with E-state index >= 15 is 0 Å². The molecule has 0 atom stereocenters. The van der Waals surface area contributed by atoms with Gasteiger partial charge < -0.3 is 15.5 Å². The summed E-state index contributed by atoms with van der Waals surface area (Å²) in [5.41, 5.74) is 0. The lowest BCUT2D eigenvalue weighted by Crippen LogP contribution is -2.52. The molecule has 15 heavy (non-hydrogen) atoms. The monoisotopic (exact) mass is 211 g/mol. The van der Waals surface area contributed by atoms with Crippen molar-refractivity contribution >= 4 is 11.8 Å². The first-order valence-electron chi connectivity index (χ1n) is 5.51. The Balaban J connectivity index is 1.66. The molecule has 5 heteroatoms. The third kappa shape index (κ3) is 3.20. The van der Waals surface area contributed by atoms with Crippen LogP contribution in [0.5, 0.6) is 0 Å². The summed E-state index contributed by atoms with van der Waals surface area (Å²) in [5, 5.41) is 5.83. The molecule has 2 fully saturated rings. The quantitative estimate of drug-likeness (QED) is 0.623. The highest BCUT2D eigenvalue weighted by Crippen LogP contribution is 2.27. The highest BCUT2D eigenvalue weighted by atomic mass is 16.2. The van der Waals surface area contributed by atoms with E-state index in [0.717, 1.165) is 12.5 Å². The molecule has 2 rings (SSSR count). The maximum Gasteiger partial charge on any atom is 0.239 e. The maximum absolute atomic E-state index is 11.6. The van der Waals surface area contributed by atoms with Crippen LogP contribution in [0.4, 0.5) is 0 Å². The van der Waals surface area contributed by atoms with Crippen LogP contribution < -0.4 is 10.6 Å². The zero-order valence-corrected chi connectivity index (χ0v) is 8.79. The van der Waals surface area contributed by atoms with E-state index in [1.165, 1.54) is 12.8 Å². The topological polar surface area (TPSA) is 61.4 Å². The molecule has 2 amide bonds. The fourth-order valence-electron chi connectivity index (χ4n) is 1.67. The van der Waals surface area contributed by atoms with Gasteiger partial charge in [0.25, 0.3) is 0 Å². The fourth-order valence-corrected chi connectivity index (χ4v) is 1.67. The zero-order chi connectivity index (χ0) is 10.7. The minimum absolute atomic E-state index is 0.0329. The van der Waals surface area contributed by atoms with Crippen molar-refractivity contribution in [2.24, 2.45) is 5.92 Å². The average Bonchev–Trinajstić information content (AvgIpc) is 3.01. The predicted octanol–water partition coefficient (Wildman–Crippen LogP) is -1.06. The SMILES string of the molecule is O=C1CN(C(=O)CNCC2CC2)CCN1. The molecule has 0 spiro atoms. The molecule has 0 bridgehead atoms. The van der Waals surface area contributed by atoms with Crippen LogP contribution in [0.1, 0.15) is 12.8 Å². The van der Waals surface area contributed by atoms with Gasteiger partial charge in [0.05, 0.1) is 13.1 Å². The van der Waals surface area contributed by atoms with Gasteiger partial charge >= 0.3 is 0 Å². The van der Waals surface area contributed by atoms with Gasteiger partial charge in [0.2, 0.25) is 11.8 Å². The summed E-state index contributed by atoms with van der Waals surface area (Å²) in [4.78, 5) is 24.3. The Morgan fingerprint density at radius 3 is 3.00 bits per heavy atom. The van der Waals surface area contributed by atoms with Crippen molar-refractivity contribution in [3.63, 3.8) is 0 Å². The van der Waals surface area contributed by atoms with Gasteiger partial charge in [0.1, 0.15) is 0 Å². The van der Waals surface area contributed by atoms with Gasteiger partial charge in [-0.15, -0.1) is 0 Å². The van der Waals surface area contributed by atoms with E-state index in [-0.39, 0.29) is 18.4 Å². The number of amides is 2. The second-order valence-corrected chi connectivity index (χ2v) is 4.24. The van der Waals surface area contributed by atoms with Crippen molar-refractivity contribution in [1.29, 1.82) is 0 Å². The normalized spacial score (nSPS) is 21.3. The number of hydrogen-bond donors (Lipinski definition) is 2. The van der Waals surface area contributed by atoms with Crippen LogP contribution in [0.25, 0.3) is 0 Å². The summed E-state index contributed by atoms with van der Waals surface area (Å²) in [5.74, 6) is 0.754. The summed E-state index contributed by atoms with van der Waals surface area (Å²) >= 11 is 0. The van der Waals surface area contributed by atoms with Crippen molar-refractivity contribution in [2.45, 2.75) is 12.8 Å². The zero-order valence-electron chi connectivity index (χ0n) is 8.79. The number of hydrogen-bond acceptors (Lipinski definition) is 3. The van der Waals surface area contributed by atoms with Crippen molar-refractivity contribution < 1.29 is 9.59 Å². The summed E-state index contributed by atoms with van der Waals surface area (Å²) < 4.78 is 0. The number of piperazine rings is 1. The van der Waals surface area contributed by atoms with Gasteiger partial charge in [-0.3, -0.25) is 9.59 Å². The maximum atomic E-state index is 11.6. The molecule has 0 aromatic rings. The lowest BCUT2D eigenvalue weighted by atomic mass is 10.3. The van der Waals surface area contributed by atoms with Crippen LogP contribution in [0.2, 0.25) is 0 Å². The molecule has 0 radical (unpaired) electrons. The number of nitrogens with one attached hydrogen (secondary N) is 2. The summed E-state index contributed by atoms with van der Waals surface area (Å²) in [6.45, 7) is 2.72. The van der Waals surface area contributed by atoms with Crippen molar-refractivity contribution in [1.82, 2.24) is 15.5 Å². The van der Waals surface area contributed by atoms with E-state index < -0.39 is 0 Å². The third-order valence-electron chi connectivity index (χ3n) is 2.80. The standard InChI is InChI=1S/C10H17N3O2/c14-9-7-13(4-3-12-9)10(15)6-11-5-8-1-2-8/h8,11H,1-7H2,(H,12,14). The minimum atomic E-state index is -0.0585. The van der Waals surface area contributed by atoms with E-state index in [9.17, 15) is 9.59 Å². The summed E-state index contributed by atoms with van der Waals surface area (Å²) in [6.07, 6.45) is 2.57. The number of rotatable bonds is 4. The van der Waals surface area contributed by atoms with Crippen LogP contribution in [-0.4, -0.2) is 49.4 Å². The van der Waals surface area contributed by atoms with Gasteiger partial charge in [-0.05, 0) is 25.3 Å². The first kappa shape index (κ1) is 10.4.